The highest BCUT2D eigenvalue weighted by Gasteiger charge is 2.36. The first kappa shape index (κ1) is 44.1. The largest absolute Gasteiger partial charge is 0.463 e. The number of hydrogen-bond donors (Lipinski definition) is 1. The Kier molecular flexibility index (Phi) is 29.7. The summed E-state index contributed by atoms with van der Waals surface area (Å²) < 4.78 is 16.0. The molecule has 0 radical (unpaired) electrons. The Morgan fingerprint density at radius 1 is 0.625 bits per heavy atom. The topological polar surface area (TPSA) is 85.4 Å². The lowest BCUT2D eigenvalue weighted by atomic mass is 10.0. The van der Waals surface area contributed by atoms with Crippen molar-refractivity contribution in [2.45, 2.75) is 200 Å². The van der Waals surface area contributed by atoms with E-state index in [4.69, 9.17) is 14.2 Å². The first-order valence-corrected chi connectivity index (χ1v) is 20.0. The molecule has 0 aromatic rings. The van der Waals surface area contributed by atoms with Gasteiger partial charge in [0.05, 0.1) is 12.2 Å². The summed E-state index contributed by atoms with van der Waals surface area (Å²) >= 11 is 0. The van der Waals surface area contributed by atoms with Gasteiger partial charge in [0.25, 0.3) is 0 Å². The van der Waals surface area contributed by atoms with E-state index in [-0.39, 0.29) is 25.2 Å². The number of allylic oxidation sites excluding steroid dienone is 5. The van der Waals surface area contributed by atoms with Gasteiger partial charge in [-0.15, -0.1) is 0 Å². The molecule has 1 N–H and O–H groups in total. The van der Waals surface area contributed by atoms with Crippen LogP contribution < -0.4 is 0 Å². The van der Waals surface area contributed by atoms with Crippen LogP contribution in [-0.4, -0.2) is 48.6 Å². The fraction of sp³-hybridized carbons (Fsp3) is 0.810. The average molecular weight is 675 g/mol. The van der Waals surface area contributed by atoms with Crippen molar-refractivity contribution in [1.29, 1.82) is 0 Å². The number of rotatable bonds is 34. The van der Waals surface area contributed by atoms with E-state index in [0.29, 0.717) is 31.5 Å². The molecule has 278 valence electrons. The van der Waals surface area contributed by atoms with Crippen LogP contribution in [0.5, 0.6) is 0 Å². The highest BCUT2D eigenvalue weighted by molar-refractivity contribution is 5.69. The molecule has 1 aliphatic heterocycles. The standard InChI is InChI=1S/C42H74O6/c1-4-5-25-31-39-40(48-39)32-27-22-18-14-11-12-16-20-24-29-34-42(45)47-36-38(43)35-46-41(44)33-28-23-19-15-10-8-6-7-9-13-17-21-26-30-37(2)3/h11,14,16,20,22,27,37-40,43H,4-10,12-13,15,17-19,21,23-26,28-36H2,1-3H3/b14-11-,20-16-,27-22-/t38-,39?,40?/m0/s1. The number of carbonyl (C=O) groups is 2. The highest BCUT2D eigenvalue weighted by Crippen LogP contribution is 2.30. The average Bonchev–Trinajstić information content (AvgIpc) is 3.82. The minimum atomic E-state index is -0.987. The van der Waals surface area contributed by atoms with Gasteiger partial charge < -0.3 is 19.3 Å². The summed E-state index contributed by atoms with van der Waals surface area (Å²) in [6.45, 7) is 6.57. The molecular weight excluding hydrogens is 600 g/mol. The Morgan fingerprint density at radius 2 is 1.12 bits per heavy atom. The third-order valence-corrected chi connectivity index (χ3v) is 8.98. The van der Waals surface area contributed by atoms with Crippen molar-refractivity contribution in [2.75, 3.05) is 13.2 Å². The zero-order chi connectivity index (χ0) is 34.9. The molecule has 3 atom stereocenters. The molecule has 1 heterocycles. The van der Waals surface area contributed by atoms with Crippen molar-refractivity contribution in [3.05, 3.63) is 36.5 Å². The molecule has 0 amide bonds. The quantitative estimate of drug-likeness (QED) is 0.0316. The van der Waals surface area contributed by atoms with Crippen molar-refractivity contribution in [2.24, 2.45) is 5.92 Å². The number of hydrogen-bond acceptors (Lipinski definition) is 6. The zero-order valence-electron chi connectivity index (χ0n) is 31.4. The van der Waals surface area contributed by atoms with Crippen molar-refractivity contribution >= 4 is 11.9 Å². The van der Waals surface area contributed by atoms with Gasteiger partial charge in [-0.25, -0.2) is 0 Å². The fourth-order valence-electron chi connectivity index (χ4n) is 5.83. The lowest BCUT2D eigenvalue weighted by molar-refractivity contribution is -0.152. The number of ether oxygens (including phenoxy) is 3. The normalized spacial score (nSPS) is 16.9. The predicted octanol–water partition coefficient (Wildman–Crippen LogP) is 11.3. The van der Waals surface area contributed by atoms with Crippen molar-refractivity contribution in [1.82, 2.24) is 0 Å². The van der Waals surface area contributed by atoms with Gasteiger partial charge in [-0.1, -0.05) is 160 Å². The van der Waals surface area contributed by atoms with Crippen LogP contribution in [0.15, 0.2) is 36.5 Å². The first-order chi connectivity index (χ1) is 23.4. The SMILES string of the molecule is CCCCCC1OC1C/C=C\C/C=C\C/C=C\CCCC(=O)OC[C@@H](O)COC(=O)CCCCCCCCCCCCCCCC(C)C. The van der Waals surface area contributed by atoms with E-state index in [0.717, 1.165) is 50.9 Å². The molecular formula is C42H74O6. The molecule has 6 heteroatoms. The van der Waals surface area contributed by atoms with Gasteiger partial charge in [-0.05, 0) is 50.9 Å². The van der Waals surface area contributed by atoms with Gasteiger partial charge in [-0.3, -0.25) is 9.59 Å². The van der Waals surface area contributed by atoms with E-state index < -0.39 is 6.10 Å². The van der Waals surface area contributed by atoms with Gasteiger partial charge in [0.15, 0.2) is 0 Å². The molecule has 1 fully saturated rings. The number of aliphatic hydroxyl groups excluding tert-OH is 1. The van der Waals surface area contributed by atoms with Gasteiger partial charge in [0, 0.05) is 12.8 Å². The molecule has 0 spiro atoms. The third kappa shape index (κ3) is 30.2. The maximum absolute atomic E-state index is 12.0. The van der Waals surface area contributed by atoms with E-state index in [1.54, 1.807) is 0 Å². The minimum absolute atomic E-state index is 0.134. The van der Waals surface area contributed by atoms with Crippen LogP contribution in [0, 0.1) is 5.92 Å². The fourth-order valence-corrected chi connectivity index (χ4v) is 5.83. The summed E-state index contributed by atoms with van der Waals surface area (Å²) in [5.74, 6) is 0.213. The number of carbonyl (C=O) groups excluding carboxylic acids is 2. The predicted molar refractivity (Wildman–Crippen MR) is 200 cm³/mol. The molecule has 0 bridgehead atoms. The Bertz CT molecular complexity index is 847. The van der Waals surface area contributed by atoms with Crippen molar-refractivity contribution in [3.63, 3.8) is 0 Å². The summed E-state index contributed by atoms with van der Waals surface area (Å²) in [6, 6.07) is 0. The van der Waals surface area contributed by atoms with E-state index >= 15 is 0 Å². The van der Waals surface area contributed by atoms with E-state index in [9.17, 15) is 14.7 Å². The lowest BCUT2D eigenvalue weighted by Crippen LogP contribution is -2.25. The summed E-state index contributed by atoms with van der Waals surface area (Å²) in [7, 11) is 0. The molecule has 0 aliphatic carbocycles. The molecule has 1 rings (SSSR count). The van der Waals surface area contributed by atoms with Gasteiger partial charge >= 0.3 is 11.9 Å². The van der Waals surface area contributed by atoms with Crippen LogP contribution >= 0.6 is 0 Å². The second kappa shape index (κ2) is 32.3. The Balaban J connectivity index is 1.84. The number of epoxide rings is 1. The van der Waals surface area contributed by atoms with Crippen molar-refractivity contribution in [3.8, 4) is 0 Å². The van der Waals surface area contributed by atoms with Crippen LogP contribution in [0.2, 0.25) is 0 Å². The highest BCUT2D eigenvalue weighted by atomic mass is 16.6. The van der Waals surface area contributed by atoms with Crippen LogP contribution in [-0.2, 0) is 23.8 Å². The molecule has 1 saturated heterocycles. The Hall–Kier alpha value is -1.92. The van der Waals surface area contributed by atoms with Crippen LogP contribution in [0.4, 0.5) is 0 Å². The van der Waals surface area contributed by atoms with Crippen molar-refractivity contribution < 1.29 is 28.9 Å². The van der Waals surface area contributed by atoms with Crippen LogP contribution in [0.1, 0.15) is 181 Å². The number of unbranched alkanes of at least 4 members (excludes halogenated alkanes) is 15. The molecule has 6 nitrogen and oxygen atoms in total. The van der Waals surface area contributed by atoms with Gasteiger partial charge in [-0.2, -0.15) is 0 Å². The Labute approximate surface area is 295 Å². The van der Waals surface area contributed by atoms with E-state index in [2.05, 4.69) is 57.2 Å². The summed E-state index contributed by atoms with van der Waals surface area (Å²) in [5, 5.41) is 10.0. The maximum atomic E-state index is 12.0. The number of aliphatic hydroxyl groups is 1. The van der Waals surface area contributed by atoms with Crippen LogP contribution in [0.3, 0.4) is 0 Å². The molecule has 2 unspecified atom stereocenters. The number of esters is 2. The van der Waals surface area contributed by atoms with Gasteiger partial charge in [0.2, 0.25) is 0 Å². The maximum Gasteiger partial charge on any atom is 0.305 e. The molecule has 0 saturated carbocycles. The molecule has 0 aromatic carbocycles. The molecule has 48 heavy (non-hydrogen) atoms. The second-order valence-electron chi connectivity index (χ2n) is 14.3. The third-order valence-electron chi connectivity index (χ3n) is 8.98. The summed E-state index contributed by atoms with van der Waals surface area (Å²) in [5.41, 5.74) is 0. The minimum Gasteiger partial charge on any atom is -0.463 e. The monoisotopic (exact) mass is 675 g/mol. The second-order valence-corrected chi connectivity index (χ2v) is 14.3. The van der Waals surface area contributed by atoms with E-state index in [1.165, 1.54) is 96.3 Å². The lowest BCUT2D eigenvalue weighted by Gasteiger charge is -2.12. The summed E-state index contributed by atoms with van der Waals surface area (Å²) in [6.07, 6.45) is 40.9. The van der Waals surface area contributed by atoms with Gasteiger partial charge in [0.1, 0.15) is 19.3 Å². The van der Waals surface area contributed by atoms with Crippen LogP contribution in [0.25, 0.3) is 0 Å². The summed E-state index contributed by atoms with van der Waals surface area (Å²) in [4.78, 5) is 23.9. The first-order valence-electron chi connectivity index (χ1n) is 20.0. The van der Waals surface area contributed by atoms with E-state index in [1.807, 2.05) is 0 Å². The zero-order valence-corrected chi connectivity index (χ0v) is 31.4. The molecule has 1 aliphatic rings. The smallest absolute Gasteiger partial charge is 0.305 e. The molecule has 0 aromatic heterocycles. The Morgan fingerprint density at radius 3 is 1.69 bits per heavy atom.